The van der Waals surface area contributed by atoms with E-state index in [1.165, 1.54) is 0 Å². The van der Waals surface area contributed by atoms with E-state index in [1.807, 2.05) is 78.8 Å². The van der Waals surface area contributed by atoms with Gasteiger partial charge in [-0.25, -0.2) is 4.98 Å². The second-order valence-corrected chi connectivity index (χ2v) is 6.74. The third kappa shape index (κ3) is 2.56. The molecule has 0 unspecified atom stereocenters. The third-order valence-electron chi connectivity index (χ3n) is 5.04. The summed E-state index contributed by atoms with van der Waals surface area (Å²) in [5.41, 5.74) is 4.51. The van der Waals surface area contributed by atoms with Crippen molar-refractivity contribution in [2.75, 3.05) is 10.2 Å². The van der Waals surface area contributed by atoms with Crippen LogP contribution >= 0.6 is 0 Å². The summed E-state index contributed by atoms with van der Waals surface area (Å²) in [6, 6.07) is 19.6. The number of hydrogen-bond donors (Lipinski definition) is 1. The Balaban J connectivity index is 1.62. The number of aryl methyl sites for hydroxylation is 1. The predicted octanol–water partition coefficient (Wildman–Crippen LogP) is 4.48. The van der Waals surface area contributed by atoms with Crippen molar-refractivity contribution in [2.24, 2.45) is 7.05 Å². The molecule has 0 saturated heterocycles. The van der Waals surface area contributed by atoms with Gasteiger partial charge in [0.05, 0.1) is 17.9 Å². The third-order valence-corrected chi connectivity index (χ3v) is 5.04. The molecule has 1 N–H and O–H groups in total. The van der Waals surface area contributed by atoms with Crippen LogP contribution in [0.4, 0.5) is 17.2 Å². The van der Waals surface area contributed by atoms with Crippen molar-refractivity contribution in [3.05, 3.63) is 84.2 Å². The fourth-order valence-corrected chi connectivity index (χ4v) is 3.63. The van der Waals surface area contributed by atoms with Crippen LogP contribution < -0.4 is 10.2 Å². The first-order valence-corrected chi connectivity index (χ1v) is 8.87. The largest absolute Gasteiger partial charge is 0.351 e. The molecule has 5 heteroatoms. The zero-order valence-electron chi connectivity index (χ0n) is 14.9. The van der Waals surface area contributed by atoms with Crippen LogP contribution in [0.5, 0.6) is 0 Å². The molecule has 5 nitrogen and oxygen atoms in total. The van der Waals surface area contributed by atoms with Gasteiger partial charge in [0.1, 0.15) is 5.82 Å². The van der Waals surface area contributed by atoms with Crippen molar-refractivity contribution in [1.29, 1.82) is 0 Å². The fourth-order valence-electron chi connectivity index (χ4n) is 3.63. The van der Waals surface area contributed by atoms with E-state index < -0.39 is 0 Å². The summed E-state index contributed by atoms with van der Waals surface area (Å²) in [6.07, 6.45) is 3.77. The number of fused-ring (bicyclic) bond motifs is 3. The van der Waals surface area contributed by atoms with E-state index in [1.54, 1.807) is 6.20 Å². The van der Waals surface area contributed by atoms with Gasteiger partial charge in [0.25, 0.3) is 5.91 Å². The molecule has 1 aliphatic heterocycles. The Morgan fingerprint density at radius 2 is 1.96 bits per heavy atom. The van der Waals surface area contributed by atoms with E-state index in [-0.39, 0.29) is 5.91 Å². The first kappa shape index (κ1) is 15.6. The molecule has 4 aromatic rings. The Hall–Kier alpha value is -3.60. The standard InChI is InChI=1S/C22H18N4O/c1-25-12-10-15-13-16(8-9-19(15)25)22(27)26-14-17-5-4-11-23-21(17)24-18-6-2-3-7-20(18)26/h2-13H,14H2,1H3,(H,23,24). The van der Waals surface area contributed by atoms with Gasteiger partial charge < -0.3 is 14.8 Å². The molecule has 2 aromatic heterocycles. The lowest BCUT2D eigenvalue weighted by Gasteiger charge is -2.23. The number of amides is 1. The van der Waals surface area contributed by atoms with E-state index >= 15 is 0 Å². The molecule has 0 fully saturated rings. The number of carbonyl (C=O) groups is 1. The van der Waals surface area contributed by atoms with E-state index in [9.17, 15) is 4.79 Å². The lowest BCUT2D eigenvalue weighted by molar-refractivity contribution is 0.0985. The molecule has 0 spiro atoms. The van der Waals surface area contributed by atoms with Crippen molar-refractivity contribution >= 4 is 34.0 Å². The van der Waals surface area contributed by atoms with Crippen LogP contribution in [0.3, 0.4) is 0 Å². The number of nitrogens with one attached hydrogen (secondary N) is 1. The molecule has 0 radical (unpaired) electrons. The van der Waals surface area contributed by atoms with Crippen LogP contribution in [-0.4, -0.2) is 15.5 Å². The topological polar surface area (TPSA) is 50.2 Å². The van der Waals surface area contributed by atoms with Gasteiger partial charge in [-0.2, -0.15) is 0 Å². The minimum Gasteiger partial charge on any atom is -0.351 e. The predicted molar refractivity (Wildman–Crippen MR) is 107 cm³/mol. The van der Waals surface area contributed by atoms with E-state index in [2.05, 4.69) is 14.9 Å². The minimum absolute atomic E-state index is 0.0216. The van der Waals surface area contributed by atoms with Crippen molar-refractivity contribution in [1.82, 2.24) is 9.55 Å². The van der Waals surface area contributed by atoms with Crippen LogP contribution in [-0.2, 0) is 13.6 Å². The molecule has 0 aliphatic carbocycles. The molecule has 1 aliphatic rings. The second kappa shape index (κ2) is 5.99. The summed E-state index contributed by atoms with van der Waals surface area (Å²) in [7, 11) is 2.00. The maximum Gasteiger partial charge on any atom is 0.258 e. The average molecular weight is 354 g/mol. The monoisotopic (exact) mass is 354 g/mol. The molecule has 27 heavy (non-hydrogen) atoms. The number of para-hydroxylation sites is 2. The minimum atomic E-state index is -0.0216. The number of hydrogen-bond acceptors (Lipinski definition) is 3. The van der Waals surface area contributed by atoms with Crippen LogP contribution in [0.2, 0.25) is 0 Å². The van der Waals surface area contributed by atoms with Crippen molar-refractivity contribution < 1.29 is 4.79 Å². The molecule has 0 atom stereocenters. The Kier molecular flexibility index (Phi) is 3.47. The van der Waals surface area contributed by atoms with Gasteiger partial charge in [0.15, 0.2) is 0 Å². The van der Waals surface area contributed by atoms with Gasteiger partial charge in [-0.1, -0.05) is 18.2 Å². The lowest BCUT2D eigenvalue weighted by Crippen LogP contribution is -2.30. The molecule has 5 rings (SSSR count). The summed E-state index contributed by atoms with van der Waals surface area (Å²) in [6.45, 7) is 0.471. The van der Waals surface area contributed by atoms with E-state index in [0.29, 0.717) is 12.1 Å². The first-order valence-electron chi connectivity index (χ1n) is 8.87. The molecule has 0 bridgehead atoms. The van der Waals surface area contributed by atoms with Crippen molar-refractivity contribution in [2.45, 2.75) is 6.54 Å². The van der Waals surface area contributed by atoms with Crippen LogP contribution in [0.25, 0.3) is 10.9 Å². The highest BCUT2D eigenvalue weighted by Gasteiger charge is 2.25. The Labute approximate surface area is 156 Å². The molecule has 0 saturated carbocycles. The molecule has 3 heterocycles. The summed E-state index contributed by atoms with van der Waals surface area (Å²) in [4.78, 5) is 19.7. The highest BCUT2D eigenvalue weighted by molar-refractivity contribution is 6.09. The lowest BCUT2D eigenvalue weighted by atomic mass is 10.1. The number of carbonyl (C=O) groups excluding carboxylic acids is 1. The Morgan fingerprint density at radius 1 is 1.07 bits per heavy atom. The van der Waals surface area contributed by atoms with Crippen LogP contribution in [0.1, 0.15) is 15.9 Å². The Bertz CT molecular complexity index is 1180. The number of benzene rings is 2. The normalized spacial score (nSPS) is 12.9. The van der Waals surface area contributed by atoms with Gasteiger partial charge in [-0.3, -0.25) is 4.79 Å². The van der Waals surface area contributed by atoms with Gasteiger partial charge >= 0.3 is 0 Å². The summed E-state index contributed by atoms with van der Waals surface area (Å²) in [5, 5.41) is 4.43. The van der Waals surface area contributed by atoms with Gasteiger partial charge in [-0.15, -0.1) is 0 Å². The van der Waals surface area contributed by atoms with Crippen LogP contribution in [0, 0.1) is 0 Å². The number of nitrogens with zero attached hydrogens (tertiary/aromatic N) is 3. The summed E-state index contributed by atoms with van der Waals surface area (Å²) in [5.74, 6) is 0.769. The summed E-state index contributed by atoms with van der Waals surface area (Å²) >= 11 is 0. The van der Waals surface area contributed by atoms with Crippen molar-refractivity contribution in [3.63, 3.8) is 0 Å². The first-order chi connectivity index (χ1) is 13.2. The van der Waals surface area contributed by atoms with Gasteiger partial charge in [-0.05, 0) is 42.5 Å². The quantitative estimate of drug-likeness (QED) is 0.548. The zero-order chi connectivity index (χ0) is 18.4. The number of aromatic nitrogens is 2. The fraction of sp³-hybridized carbons (Fsp3) is 0.0909. The molecule has 1 amide bonds. The Morgan fingerprint density at radius 3 is 2.89 bits per heavy atom. The maximum absolute atomic E-state index is 13.4. The number of pyridine rings is 1. The van der Waals surface area contributed by atoms with Gasteiger partial charge in [0, 0.05) is 41.5 Å². The number of rotatable bonds is 1. The molecule has 132 valence electrons. The summed E-state index contributed by atoms with van der Waals surface area (Å²) < 4.78 is 2.05. The zero-order valence-corrected chi connectivity index (χ0v) is 14.9. The average Bonchev–Trinajstić information content (AvgIpc) is 2.98. The van der Waals surface area contributed by atoms with E-state index in [0.717, 1.165) is 33.7 Å². The van der Waals surface area contributed by atoms with Gasteiger partial charge in [0.2, 0.25) is 0 Å². The molecule has 2 aromatic carbocycles. The number of anilines is 3. The second-order valence-electron chi connectivity index (χ2n) is 6.74. The SMILES string of the molecule is Cn1ccc2cc(C(=O)N3Cc4cccnc4Nc4ccccc43)ccc21. The molecular weight excluding hydrogens is 336 g/mol. The highest BCUT2D eigenvalue weighted by atomic mass is 16.2. The van der Waals surface area contributed by atoms with E-state index in [4.69, 9.17) is 0 Å². The molecular formula is C22H18N4O. The van der Waals surface area contributed by atoms with Crippen LogP contribution in [0.15, 0.2) is 73.1 Å². The smallest absolute Gasteiger partial charge is 0.258 e. The highest BCUT2D eigenvalue weighted by Crippen LogP contribution is 2.35. The maximum atomic E-state index is 13.4. The van der Waals surface area contributed by atoms with Crippen molar-refractivity contribution in [3.8, 4) is 0 Å².